The maximum Gasteiger partial charge on any atom is 0.417 e. The summed E-state index contributed by atoms with van der Waals surface area (Å²) in [5, 5.41) is 7.94. The topological polar surface area (TPSA) is 97.8 Å². The fourth-order valence-corrected chi connectivity index (χ4v) is 2.11. The van der Waals surface area contributed by atoms with E-state index in [0.29, 0.717) is 17.6 Å². The van der Waals surface area contributed by atoms with Gasteiger partial charge in [-0.05, 0) is 29.8 Å². The third-order valence-electron chi connectivity index (χ3n) is 3.03. The first-order chi connectivity index (χ1) is 9.28. The number of aromatic amines is 1. The summed E-state index contributed by atoms with van der Waals surface area (Å²) >= 11 is 0. The van der Waals surface area contributed by atoms with Crippen LogP contribution >= 0.6 is 0 Å². The number of H-pyrrole nitrogens is 1. The molecule has 3 N–H and O–H groups in total. The monoisotopic (exact) mass is 256 g/mol. The number of fused-ring (bicyclic) bond motifs is 1. The van der Waals surface area contributed by atoms with Gasteiger partial charge < -0.3 is 10.2 Å². The quantitative estimate of drug-likeness (QED) is 0.728. The molecule has 0 aliphatic heterocycles. The first-order valence-corrected chi connectivity index (χ1v) is 5.88. The summed E-state index contributed by atoms with van der Waals surface area (Å²) in [6, 6.07) is 9.20. The number of oxazole rings is 1. The van der Waals surface area contributed by atoms with Gasteiger partial charge in [0, 0.05) is 18.7 Å². The molecule has 0 amide bonds. The van der Waals surface area contributed by atoms with Crippen LogP contribution in [0.3, 0.4) is 0 Å². The Morgan fingerprint density at radius 2 is 2.26 bits per heavy atom. The van der Waals surface area contributed by atoms with Gasteiger partial charge in [0.15, 0.2) is 5.58 Å². The molecule has 6 heteroatoms. The Bertz CT molecular complexity index is 748. The van der Waals surface area contributed by atoms with Crippen LogP contribution in [-0.4, -0.2) is 21.7 Å². The molecule has 2 heterocycles. The number of hydrogen-bond donors (Lipinski definition) is 2. The second-order valence-corrected chi connectivity index (χ2v) is 4.21. The Balaban J connectivity index is 2.08. The molecule has 1 aromatic carbocycles. The van der Waals surface area contributed by atoms with E-state index in [2.05, 4.69) is 15.2 Å². The second-order valence-electron chi connectivity index (χ2n) is 4.21. The van der Waals surface area contributed by atoms with Gasteiger partial charge in [-0.2, -0.15) is 10.2 Å². The van der Waals surface area contributed by atoms with Crippen molar-refractivity contribution < 1.29 is 4.42 Å². The van der Waals surface area contributed by atoms with Crippen LogP contribution in [0.25, 0.3) is 11.1 Å². The lowest BCUT2D eigenvalue weighted by atomic mass is 9.95. The minimum Gasteiger partial charge on any atom is -0.408 e. The Labute approximate surface area is 108 Å². The van der Waals surface area contributed by atoms with E-state index in [1.54, 1.807) is 18.3 Å². The van der Waals surface area contributed by atoms with E-state index in [1.165, 1.54) is 0 Å². The van der Waals surface area contributed by atoms with Gasteiger partial charge in [0.05, 0.1) is 11.2 Å². The molecule has 3 rings (SSSR count). The highest BCUT2D eigenvalue weighted by Gasteiger charge is 2.15. The molecule has 3 aromatic rings. The van der Waals surface area contributed by atoms with Gasteiger partial charge in [-0.25, -0.2) is 4.79 Å². The predicted molar refractivity (Wildman–Crippen MR) is 69.8 cm³/mol. The highest BCUT2D eigenvalue weighted by molar-refractivity contribution is 5.73. The summed E-state index contributed by atoms with van der Waals surface area (Å²) in [5.41, 5.74) is 8.74. The zero-order chi connectivity index (χ0) is 13.2. The summed E-state index contributed by atoms with van der Waals surface area (Å²) in [6.45, 7) is 0.402. The van der Waals surface area contributed by atoms with Crippen molar-refractivity contribution in [3.63, 3.8) is 0 Å². The zero-order valence-corrected chi connectivity index (χ0v) is 10.0. The average molecular weight is 256 g/mol. The van der Waals surface area contributed by atoms with E-state index >= 15 is 0 Å². The fourth-order valence-electron chi connectivity index (χ4n) is 2.11. The highest BCUT2D eigenvalue weighted by Crippen LogP contribution is 2.24. The van der Waals surface area contributed by atoms with Crippen molar-refractivity contribution in [3.8, 4) is 0 Å². The second kappa shape index (κ2) is 4.66. The van der Waals surface area contributed by atoms with E-state index in [-0.39, 0.29) is 5.92 Å². The third kappa shape index (κ3) is 2.13. The van der Waals surface area contributed by atoms with Crippen LogP contribution in [0.5, 0.6) is 0 Å². The summed E-state index contributed by atoms with van der Waals surface area (Å²) in [5.74, 6) is -0.533. The standard InChI is InChI=1S/C13H12N4O2/c14-7-9(10-2-1-5-15-17-10)8-3-4-11-12(6-8)19-13(18)16-11/h1-6,9H,7,14H2,(H,16,18). The average Bonchev–Trinajstić information content (AvgIpc) is 2.80. The van der Waals surface area contributed by atoms with Crippen molar-refractivity contribution >= 4 is 11.1 Å². The summed E-state index contributed by atoms with van der Waals surface area (Å²) < 4.78 is 5.05. The maximum absolute atomic E-state index is 11.1. The van der Waals surface area contributed by atoms with E-state index < -0.39 is 5.76 Å². The van der Waals surface area contributed by atoms with Crippen LogP contribution in [0.2, 0.25) is 0 Å². The molecule has 0 saturated carbocycles. The van der Waals surface area contributed by atoms with Crippen LogP contribution in [-0.2, 0) is 0 Å². The van der Waals surface area contributed by atoms with Crippen molar-refractivity contribution in [3.05, 3.63) is 58.3 Å². The van der Waals surface area contributed by atoms with Crippen molar-refractivity contribution in [2.75, 3.05) is 6.54 Å². The smallest absolute Gasteiger partial charge is 0.408 e. The number of benzene rings is 1. The molecule has 0 aliphatic rings. The minimum absolute atomic E-state index is 0.0710. The minimum atomic E-state index is -0.462. The van der Waals surface area contributed by atoms with Crippen LogP contribution in [0, 0.1) is 0 Å². The van der Waals surface area contributed by atoms with Gasteiger partial charge in [-0.15, -0.1) is 0 Å². The summed E-state index contributed by atoms with van der Waals surface area (Å²) in [6.07, 6.45) is 1.62. The maximum atomic E-state index is 11.1. The lowest BCUT2D eigenvalue weighted by molar-refractivity contribution is 0.554. The number of hydrogen-bond acceptors (Lipinski definition) is 5. The number of rotatable bonds is 3. The predicted octanol–water partition coefficient (Wildman–Crippen LogP) is 1.00. The molecule has 2 aromatic heterocycles. The highest BCUT2D eigenvalue weighted by atomic mass is 16.4. The third-order valence-corrected chi connectivity index (χ3v) is 3.03. The number of nitrogens with two attached hydrogens (primary N) is 1. The van der Waals surface area contributed by atoms with E-state index in [1.807, 2.05) is 18.2 Å². The molecule has 0 radical (unpaired) electrons. The number of nitrogens with one attached hydrogen (secondary N) is 1. The van der Waals surface area contributed by atoms with Gasteiger partial charge in [-0.1, -0.05) is 6.07 Å². The van der Waals surface area contributed by atoms with Gasteiger partial charge >= 0.3 is 5.76 Å². The number of aromatic nitrogens is 3. The molecule has 0 spiro atoms. The summed E-state index contributed by atoms with van der Waals surface area (Å²) in [4.78, 5) is 13.7. The van der Waals surface area contributed by atoms with Crippen LogP contribution in [0.4, 0.5) is 0 Å². The molecule has 1 unspecified atom stereocenters. The normalized spacial score (nSPS) is 12.7. The molecule has 0 saturated heterocycles. The van der Waals surface area contributed by atoms with Crippen molar-refractivity contribution in [1.29, 1.82) is 0 Å². The lowest BCUT2D eigenvalue weighted by Crippen LogP contribution is -2.15. The Hall–Kier alpha value is -2.47. The van der Waals surface area contributed by atoms with E-state index in [4.69, 9.17) is 10.2 Å². The van der Waals surface area contributed by atoms with Gasteiger partial charge in [0.2, 0.25) is 0 Å². The van der Waals surface area contributed by atoms with Crippen LogP contribution < -0.4 is 11.5 Å². The van der Waals surface area contributed by atoms with E-state index in [0.717, 1.165) is 11.3 Å². The van der Waals surface area contributed by atoms with Crippen molar-refractivity contribution in [2.45, 2.75) is 5.92 Å². The Morgan fingerprint density at radius 3 is 3.00 bits per heavy atom. The first kappa shape index (κ1) is 11.6. The van der Waals surface area contributed by atoms with Crippen molar-refractivity contribution in [2.24, 2.45) is 5.73 Å². The molecular weight excluding hydrogens is 244 g/mol. The molecule has 0 aliphatic carbocycles. The SMILES string of the molecule is NCC(c1ccc2[nH]c(=O)oc2c1)c1cccnn1. The van der Waals surface area contributed by atoms with Gasteiger partial charge in [-0.3, -0.25) is 4.98 Å². The fraction of sp³-hybridized carbons (Fsp3) is 0.154. The first-order valence-electron chi connectivity index (χ1n) is 5.88. The molecule has 96 valence electrons. The Morgan fingerprint density at radius 1 is 1.37 bits per heavy atom. The molecule has 0 bridgehead atoms. The molecule has 1 atom stereocenters. The van der Waals surface area contributed by atoms with E-state index in [9.17, 15) is 4.79 Å². The van der Waals surface area contributed by atoms with Crippen LogP contribution in [0.15, 0.2) is 45.7 Å². The molecular formula is C13H12N4O2. The largest absolute Gasteiger partial charge is 0.417 e. The van der Waals surface area contributed by atoms with Crippen LogP contribution in [0.1, 0.15) is 17.2 Å². The van der Waals surface area contributed by atoms with Gasteiger partial charge in [0.25, 0.3) is 0 Å². The number of nitrogens with zero attached hydrogens (tertiary/aromatic N) is 2. The molecule has 6 nitrogen and oxygen atoms in total. The van der Waals surface area contributed by atoms with Gasteiger partial charge in [0.1, 0.15) is 0 Å². The zero-order valence-electron chi connectivity index (χ0n) is 10.0. The summed E-state index contributed by atoms with van der Waals surface area (Å²) in [7, 11) is 0. The van der Waals surface area contributed by atoms with Crippen molar-refractivity contribution in [1.82, 2.24) is 15.2 Å². The Kier molecular flexibility index (Phi) is 2.85. The molecule has 19 heavy (non-hydrogen) atoms. The molecule has 0 fully saturated rings. The lowest BCUT2D eigenvalue weighted by Gasteiger charge is -2.13.